The van der Waals surface area contributed by atoms with E-state index in [1.807, 2.05) is 6.07 Å². The van der Waals surface area contributed by atoms with Crippen molar-refractivity contribution in [2.45, 2.75) is 33.8 Å². The summed E-state index contributed by atoms with van der Waals surface area (Å²) in [6, 6.07) is 14.7. The third-order valence-electron chi connectivity index (χ3n) is 3.33. The zero-order valence-corrected chi connectivity index (χ0v) is 12.7. The molecule has 3 heteroatoms. The molecule has 3 nitrogen and oxygen atoms in total. The van der Waals surface area contributed by atoms with E-state index in [1.165, 1.54) is 22.3 Å². The quantitative estimate of drug-likeness (QED) is 0.856. The molecule has 0 fully saturated rings. The van der Waals surface area contributed by atoms with E-state index >= 15 is 0 Å². The van der Waals surface area contributed by atoms with E-state index in [1.54, 1.807) is 0 Å². The van der Waals surface area contributed by atoms with Gasteiger partial charge in [-0.25, -0.2) is 0 Å². The molecule has 0 aliphatic heterocycles. The van der Waals surface area contributed by atoms with Gasteiger partial charge in [-0.2, -0.15) is 9.59 Å². The number of benzene rings is 2. The van der Waals surface area contributed by atoms with Crippen LogP contribution in [0.4, 0.5) is 0 Å². The first-order valence-electron chi connectivity index (χ1n) is 6.88. The maximum Gasteiger partial charge on any atom is 0.373 e. The molecule has 0 bridgehead atoms. The number of hydrogen-bond donors (Lipinski definition) is 0. The molecule has 0 unspecified atom stereocenters. The molecule has 0 amide bonds. The Labute approximate surface area is 125 Å². The monoisotopic (exact) mass is 284 g/mol. The Kier molecular flexibility index (Phi) is 6.93. The summed E-state index contributed by atoms with van der Waals surface area (Å²) in [4.78, 5) is 16.2. The standard InChI is InChI=1S/C17H20O.CO2/c1-4-15-9-6-10-16(11-15)18-12-17-13(2)7-5-8-14(17)3;2-1-3/h5-11H,4,12H2,1-3H3;. The largest absolute Gasteiger partial charge is 0.489 e. The maximum atomic E-state index is 8.12. The summed E-state index contributed by atoms with van der Waals surface area (Å²) in [7, 11) is 0. The molecule has 0 aliphatic rings. The van der Waals surface area contributed by atoms with Crippen LogP contribution in [-0.2, 0) is 22.6 Å². The molecule has 2 aromatic carbocycles. The van der Waals surface area contributed by atoms with E-state index in [9.17, 15) is 0 Å². The normalized spacial score (nSPS) is 9.29. The molecule has 0 atom stereocenters. The smallest absolute Gasteiger partial charge is 0.373 e. The SMILES string of the molecule is CCc1cccc(OCc2c(C)cccc2C)c1.O=C=O. The van der Waals surface area contributed by atoms with E-state index in [0.29, 0.717) is 6.61 Å². The minimum Gasteiger partial charge on any atom is -0.489 e. The third-order valence-corrected chi connectivity index (χ3v) is 3.33. The van der Waals surface area contributed by atoms with Crippen LogP contribution in [0.1, 0.15) is 29.2 Å². The summed E-state index contributed by atoms with van der Waals surface area (Å²) in [5.74, 6) is 0.956. The van der Waals surface area contributed by atoms with Crippen LogP contribution < -0.4 is 4.74 Å². The Bertz CT molecular complexity index is 591. The zero-order valence-electron chi connectivity index (χ0n) is 12.7. The lowest BCUT2D eigenvalue weighted by atomic mass is 10.0. The lowest BCUT2D eigenvalue weighted by molar-refractivity contribution is -0.191. The molecule has 2 aromatic rings. The number of hydrogen-bond acceptors (Lipinski definition) is 3. The molecule has 0 N–H and O–H groups in total. The number of ether oxygens (including phenoxy) is 1. The Balaban J connectivity index is 0.000000677. The molecule has 110 valence electrons. The van der Waals surface area contributed by atoms with Crippen LogP contribution in [0.15, 0.2) is 42.5 Å². The van der Waals surface area contributed by atoms with Gasteiger partial charge >= 0.3 is 6.15 Å². The van der Waals surface area contributed by atoms with Gasteiger partial charge in [-0.15, -0.1) is 0 Å². The molecule has 21 heavy (non-hydrogen) atoms. The molecule has 0 radical (unpaired) electrons. The van der Waals surface area contributed by atoms with Gasteiger partial charge < -0.3 is 4.74 Å². The number of carbonyl (C=O) groups excluding carboxylic acids is 2. The Morgan fingerprint density at radius 1 is 1.00 bits per heavy atom. The molecule has 0 heterocycles. The molecular formula is C18H20O3. The first kappa shape index (κ1) is 16.7. The highest BCUT2D eigenvalue weighted by molar-refractivity contribution is 5.34. The minimum atomic E-state index is 0.250. The van der Waals surface area contributed by atoms with E-state index in [2.05, 4.69) is 57.2 Å². The van der Waals surface area contributed by atoms with Crippen LogP contribution in [0.25, 0.3) is 0 Å². The summed E-state index contributed by atoms with van der Waals surface area (Å²) in [6.07, 6.45) is 1.29. The summed E-state index contributed by atoms with van der Waals surface area (Å²) in [6.45, 7) is 7.07. The highest BCUT2D eigenvalue weighted by atomic mass is 16.5. The van der Waals surface area contributed by atoms with Crippen LogP contribution >= 0.6 is 0 Å². The Hall–Kier alpha value is -2.38. The van der Waals surface area contributed by atoms with Gasteiger partial charge in [0.05, 0.1) is 0 Å². The second-order valence-electron chi connectivity index (χ2n) is 4.74. The van der Waals surface area contributed by atoms with Gasteiger partial charge in [-0.05, 0) is 54.7 Å². The summed E-state index contributed by atoms with van der Waals surface area (Å²) < 4.78 is 5.90. The second-order valence-corrected chi connectivity index (χ2v) is 4.74. The maximum absolute atomic E-state index is 8.12. The molecule has 0 spiro atoms. The zero-order chi connectivity index (χ0) is 15.7. The van der Waals surface area contributed by atoms with Crippen molar-refractivity contribution in [2.24, 2.45) is 0 Å². The van der Waals surface area contributed by atoms with Crippen LogP contribution in [-0.4, -0.2) is 6.15 Å². The highest BCUT2D eigenvalue weighted by Crippen LogP contribution is 2.18. The highest BCUT2D eigenvalue weighted by Gasteiger charge is 2.03. The summed E-state index contributed by atoms with van der Waals surface area (Å²) >= 11 is 0. The van der Waals surface area contributed by atoms with Crippen molar-refractivity contribution in [1.29, 1.82) is 0 Å². The van der Waals surface area contributed by atoms with Gasteiger partial charge in [-0.1, -0.05) is 37.3 Å². The fraction of sp³-hybridized carbons (Fsp3) is 0.278. The van der Waals surface area contributed by atoms with Gasteiger partial charge in [0.15, 0.2) is 0 Å². The summed E-state index contributed by atoms with van der Waals surface area (Å²) in [5, 5.41) is 0. The molecule has 2 rings (SSSR count). The first-order valence-corrected chi connectivity index (χ1v) is 6.88. The fourth-order valence-corrected chi connectivity index (χ4v) is 2.09. The van der Waals surface area contributed by atoms with Crippen LogP contribution in [0, 0.1) is 13.8 Å². The predicted molar refractivity (Wildman–Crippen MR) is 81.1 cm³/mol. The fourth-order valence-electron chi connectivity index (χ4n) is 2.09. The molecule has 0 aliphatic carbocycles. The van der Waals surface area contributed by atoms with Crippen molar-refractivity contribution in [1.82, 2.24) is 0 Å². The van der Waals surface area contributed by atoms with Crippen molar-refractivity contribution >= 4 is 6.15 Å². The van der Waals surface area contributed by atoms with Crippen molar-refractivity contribution in [3.05, 3.63) is 64.7 Å². The number of aryl methyl sites for hydroxylation is 3. The first-order chi connectivity index (χ1) is 10.1. The second kappa shape index (κ2) is 8.72. The van der Waals surface area contributed by atoms with E-state index in [0.717, 1.165) is 12.2 Å². The van der Waals surface area contributed by atoms with E-state index in [4.69, 9.17) is 14.3 Å². The molecule has 0 saturated heterocycles. The van der Waals surface area contributed by atoms with Gasteiger partial charge in [0.2, 0.25) is 0 Å². The Morgan fingerprint density at radius 2 is 1.57 bits per heavy atom. The topological polar surface area (TPSA) is 43.4 Å². The van der Waals surface area contributed by atoms with Gasteiger partial charge in [0.25, 0.3) is 0 Å². The van der Waals surface area contributed by atoms with Crippen LogP contribution in [0.5, 0.6) is 5.75 Å². The van der Waals surface area contributed by atoms with Crippen LogP contribution in [0.2, 0.25) is 0 Å². The van der Waals surface area contributed by atoms with Crippen molar-refractivity contribution in [3.63, 3.8) is 0 Å². The third kappa shape index (κ3) is 5.25. The van der Waals surface area contributed by atoms with E-state index in [-0.39, 0.29) is 6.15 Å². The lowest BCUT2D eigenvalue weighted by Crippen LogP contribution is -2.00. The van der Waals surface area contributed by atoms with Crippen molar-refractivity contribution in [3.8, 4) is 5.75 Å². The summed E-state index contributed by atoms with van der Waals surface area (Å²) in [5.41, 5.74) is 5.19. The minimum absolute atomic E-state index is 0.250. The molecule has 0 saturated carbocycles. The Morgan fingerprint density at radius 3 is 2.14 bits per heavy atom. The average Bonchev–Trinajstić information content (AvgIpc) is 2.48. The van der Waals surface area contributed by atoms with Gasteiger partial charge in [0.1, 0.15) is 12.4 Å². The van der Waals surface area contributed by atoms with Crippen molar-refractivity contribution in [2.75, 3.05) is 0 Å². The number of rotatable bonds is 4. The molecular weight excluding hydrogens is 264 g/mol. The van der Waals surface area contributed by atoms with Gasteiger partial charge in [0, 0.05) is 0 Å². The average molecular weight is 284 g/mol. The lowest BCUT2D eigenvalue weighted by Gasteiger charge is -2.12. The van der Waals surface area contributed by atoms with Crippen LogP contribution in [0.3, 0.4) is 0 Å². The van der Waals surface area contributed by atoms with Crippen molar-refractivity contribution < 1.29 is 14.3 Å². The van der Waals surface area contributed by atoms with E-state index < -0.39 is 0 Å². The molecule has 0 aromatic heterocycles. The van der Waals surface area contributed by atoms with Gasteiger partial charge in [-0.3, -0.25) is 0 Å². The predicted octanol–water partition coefficient (Wildman–Crippen LogP) is 3.86.